The maximum Gasteiger partial charge on any atom is 0.191 e. The summed E-state index contributed by atoms with van der Waals surface area (Å²) in [5.41, 5.74) is 1.40. The molecule has 0 saturated carbocycles. The van der Waals surface area contributed by atoms with Crippen LogP contribution in [0.5, 0.6) is 0 Å². The lowest BCUT2D eigenvalue weighted by Crippen LogP contribution is -2.38. The summed E-state index contributed by atoms with van der Waals surface area (Å²) in [6.07, 6.45) is 0. The number of aliphatic imine (C=N–C) groups is 1. The quantitative estimate of drug-likeness (QED) is 0.366. The van der Waals surface area contributed by atoms with Crippen molar-refractivity contribution in [1.82, 2.24) is 15.6 Å². The third kappa shape index (κ3) is 6.35. The number of hydrogen-bond acceptors (Lipinski definition) is 4. The van der Waals surface area contributed by atoms with Gasteiger partial charge >= 0.3 is 0 Å². The number of aromatic nitrogens is 1. The van der Waals surface area contributed by atoms with Gasteiger partial charge in [0.2, 0.25) is 0 Å². The molecule has 0 fully saturated rings. The number of halogens is 3. The molecule has 1 aromatic heterocycles. The first-order valence-electron chi connectivity index (χ1n) is 7.92. The molecular weight excluding hydrogens is 471 g/mol. The minimum absolute atomic E-state index is 0. The molecule has 1 atom stereocenters. The number of nitrogens with zero attached hydrogens (tertiary/aromatic N) is 3. The molecule has 0 aliphatic rings. The maximum absolute atomic E-state index is 13.8. The van der Waals surface area contributed by atoms with Gasteiger partial charge in [0, 0.05) is 45.1 Å². The van der Waals surface area contributed by atoms with Crippen molar-refractivity contribution >= 4 is 46.4 Å². The van der Waals surface area contributed by atoms with Crippen LogP contribution in [0.4, 0.5) is 13.9 Å². The van der Waals surface area contributed by atoms with Crippen molar-refractivity contribution in [2.24, 2.45) is 4.99 Å². The number of nitrogens with one attached hydrogen (secondary N) is 2. The van der Waals surface area contributed by atoms with Gasteiger partial charge in [-0.25, -0.2) is 13.8 Å². The summed E-state index contributed by atoms with van der Waals surface area (Å²) in [5.74, 6) is -0.622. The van der Waals surface area contributed by atoms with E-state index in [9.17, 15) is 8.78 Å². The Morgan fingerprint density at radius 1 is 1.31 bits per heavy atom. The molecule has 1 heterocycles. The minimum atomic E-state index is -0.570. The molecule has 1 unspecified atom stereocenters. The highest BCUT2D eigenvalue weighted by Gasteiger charge is 2.12. The van der Waals surface area contributed by atoms with Crippen LogP contribution in [0, 0.1) is 11.6 Å². The SMILES string of the molecule is CN=C(NCc1csc(N(C)C)n1)NCC(C)c1ccc(F)cc1F.I. The molecule has 0 saturated heterocycles. The number of anilines is 1. The van der Waals surface area contributed by atoms with E-state index in [-0.39, 0.29) is 29.9 Å². The Bertz CT molecular complexity index is 736. The van der Waals surface area contributed by atoms with Gasteiger partial charge in [0.1, 0.15) is 11.6 Å². The predicted octanol–water partition coefficient (Wildman–Crippen LogP) is 3.57. The fraction of sp³-hybridized carbons (Fsp3) is 0.412. The van der Waals surface area contributed by atoms with Gasteiger partial charge in [-0.05, 0) is 11.6 Å². The van der Waals surface area contributed by atoms with Crippen molar-refractivity contribution in [3.05, 3.63) is 46.5 Å². The second-order valence-corrected chi connectivity index (χ2v) is 6.73. The molecule has 1 aromatic carbocycles. The van der Waals surface area contributed by atoms with E-state index >= 15 is 0 Å². The molecule has 2 aromatic rings. The molecule has 0 amide bonds. The average Bonchev–Trinajstić information content (AvgIpc) is 3.04. The average molecular weight is 495 g/mol. The van der Waals surface area contributed by atoms with E-state index in [0.717, 1.165) is 16.9 Å². The minimum Gasteiger partial charge on any atom is -0.356 e. The van der Waals surface area contributed by atoms with Crippen LogP contribution in [0.15, 0.2) is 28.6 Å². The van der Waals surface area contributed by atoms with Crippen molar-refractivity contribution in [2.75, 3.05) is 32.6 Å². The van der Waals surface area contributed by atoms with Crippen LogP contribution in [-0.2, 0) is 6.54 Å². The summed E-state index contributed by atoms with van der Waals surface area (Å²) in [6, 6.07) is 3.65. The monoisotopic (exact) mass is 495 g/mol. The third-order valence-electron chi connectivity index (χ3n) is 3.65. The highest BCUT2D eigenvalue weighted by molar-refractivity contribution is 14.0. The highest BCUT2D eigenvalue weighted by Crippen LogP contribution is 2.19. The molecular formula is C17H24F2IN5S. The zero-order chi connectivity index (χ0) is 18.4. The van der Waals surface area contributed by atoms with Gasteiger partial charge in [-0.15, -0.1) is 35.3 Å². The molecule has 0 aliphatic carbocycles. The first-order valence-corrected chi connectivity index (χ1v) is 8.80. The Kier molecular flexibility index (Phi) is 9.20. The topological polar surface area (TPSA) is 52.6 Å². The van der Waals surface area contributed by atoms with E-state index in [1.54, 1.807) is 18.4 Å². The fourth-order valence-corrected chi connectivity index (χ4v) is 3.00. The lowest BCUT2D eigenvalue weighted by atomic mass is 10.0. The van der Waals surface area contributed by atoms with Crippen LogP contribution < -0.4 is 15.5 Å². The van der Waals surface area contributed by atoms with Crippen molar-refractivity contribution in [3.63, 3.8) is 0 Å². The lowest BCUT2D eigenvalue weighted by molar-refractivity contribution is 0.556. The summed E-state index contributed by atoms with van der Waals surface area (Å²) >= 11 is 1.58. The Labute approximate surface area is 173 Å². The first kappa shape index (κ1) is 22.6. The van der Waals surface area contributed by atoms with E-state index < -0.39 is 11.6 Å². The Balaban J connectivity index is 0.00000338. The zero-order valence-corrected chi connectivity index (χ0v) is 18.4. The smallest absolute Gasteiger partial charge is 0.191 e. The number of hydrogen-bond donors (Lipinski definition) is 2. The van der Waals surface area contributed by atoms with Crippen LogP contribution >= 0.6 is 35.3 Å². The fourth-order valence-electron chi connectivity index (χ4n) is 2.24. The van der Waals surface area contributed by atoms with Gasteiger partial charge in [-0.1, -0.05) is 13.0 Å². The van der Waals surface area contributed by atoms with Gasteiger partial charge < -0.3 is 15.5 Å². The summed E-state index contributed by atoms with van der Waals surface area (Å²) in [7, 11) is 5.57. The van der Waals surface area contributed by atoms with Gasteiger partial charge in [0.05, 0.1) is 12.2 Å². The lowest BCUT2D eigenvalue weighted by Gasteiger charge is -2.16. The van der Waals surface area contributed by atoms with Crippen molar-refractivity contribution in [1.29, 1.82) is 0 Å². The van der Waals surface area contributed by atoms with Gasteiger partial charge in [0.15, 0.2) is 11.1 Å². The maximum atomic E-state index is 13.8. The van der Waals surface area contributed by atoms with E-state index in [1.165, 1.54) is 12.1 Å². The molecule has 26 heavy (non-hydrogen) atoms. The second-order valence-electron chi connectivity index (χ2n) is 5.89. The number of guanidine groups is 1. The predicted molar refractivity (Wildman–Crippen MR) is 115 cm³/mol. The summed E-state index contributed by atoms with van der Waals surface area (Å²) in [6.45, 7) is 2.89. The van der Waals surface area contributed by atoms with Crippen molar-refractivity contribution in [2.45, 2.75) is 19.4 Å². The molecule has 5 nitrogen and oxygen atoms in total. The normalized spacial score (nSPS) is 12.3. The highest BCUT2D eigenvalue weighted by atomic mass is 127. The molecule has 0 aliphatic heterocycles. The Morgan fingerprint density at radius 2 is 2.04 bits per heavy atom. The standard InChI is InChI=1S/C17H23F2N5S.HI/c1-11(14-6-5-12(18)7-15(14)19)8-21-16(20-2)22-9-13-10-25-17(23-13)24(3)4;/h5-7,10-11H,8-9H2,1-4H3,(H2,20,21,22);1H. The number of benzene rings is 1. The zero-order valence-electron chi connectivity index (χ0n) is 15.2. The van der Waals surface area contributed by atoms with E-state index in [4.69, 9.17) is 0 Å². The van der Waals surface area contributed by atoms with Crippen LogP contribution in [0.1, 0.15) is 24.1 Å². The van der Waals surface area contributed by atoms with Crippen molar-refractivity contribution < 1.29 is 8.78 Å². The van der Waals surface area contributed by atoms with Gasteiger partial charge in [0.25, 0.3) is 0 Å². The van der Waals surface area contributed by atoms with Gasteiger partial charge in [-0.3, -0.25) is 4.99 Å². The van der Waals surface area contributed by atoms with Crippen LogP contribution in [0.3, 0.4) is 0 Å². The summed E-state index contributed by atoms with van der Waals surface area (Å²) < 4.78 is 26.8. The van der Waals surface area contributed by atoms with E-state index in [2.05, 4.69) is 20.6 Å². The second kappa shape index (κ2) is 10.6. The molecule has 0 radical (unpaired) electrons. The third-order valence-corrected chi connectivity index (χ3v) is 4.71. The first-order chi connectivity index (χ1) is 11.9. The van der Waals surface area contributed by atoms with E-state index in [1.807, 2.05) is 31.3 Å². The molecule has 2 N–H and O–H groups in total. The molecule has 0 bridgehead atoms. The van der Waals surface area contributed by atoms with Gasteiger partial charge in [-0.2, -0.15) is 0 Å². The molecule has 2 rings (SSSR count). The summed E-state index contributed by atoms with van der Waals surface area (Å²) in [4.78, 5) is 10.6. The number of thiazole rings is 1. The van der Waals surface area contributed by atoms with E-state index in [0.29, 0.717) is 24.6 Å². The Hall–Kier alpha value is -1.49. The van der Waals surface area contributed by atoms with Crippen LogP contribution in [0.2, 0.25) is 0 Å². The summed E-state index contributed by atoms with van der Waals surface area (Å²) in [5, 5.41) is 9.27. The molecule has 9 heteroatoms. The molecule has 0 spiro atoms. The van der Waals surface area contributed by atoms with Crippen molar-refractivity contribution in [3.8, 4) is 0 Å². The van der Waals surface area contributed by atoms with Crippen LogP contribution in [-0.4, -0.2) is 38.6 Å². The van der Waals surface area contributed by atoms with Crippen LogP contribution in [0.25, 0.3) is 0 Å². The largest absolute Gasteiger partial charge is 0.356 e. The molecule has 144 valence electrons. The Morgan fingerprint density at radius 3 is 2.62 bits per heavy atom. The number of rotatable bonds is 6.